The molecule has 1 aromatic carbocycles. The van der Waals surface area contributed by atoms with Crippen molar-refractivity contribution >= 4 is 5.95 Å². The Morgan fingerprint density at radius 1 is 1.23 bits per heavy atom. The molecular formula is C17H16N4O. The number of benzene rings is 1. The first-order valence-electron chi connectivity index (χ1n) is 7.53. The SMILES string of the molecule is N#Cc1ccnc(N2CC[C@]3(CCc4ccccc4O3)C2)n1. The summed E-state index contributed by atoms with van der Waals surface area (Å²) in [6.45, 7) is 1.63. The number of hydrogen-bond donors (Lipinski definition) is 0. The molecule has 0 bridgehead atoms. The number of ether oxygens (including phenoxy) is 1. The Balaban J connectivity index is 1.57. The Morgan fingerprint density at radius 3 is 3.05 bits per heavy atom. The topological polar surface area (TPSA) is 62.0 Å². The summed E-state index contributed by atoms with van der Waals surface area (Å²) in [5.74, 6) is 1.63. The quantitative estimate of drug-likeness (QED) is 0.807. The molecule has 0 aliphatic carbocycles. The van der Waals surface area contributed by atoms with Crippen molar-refractivity contribution in [2.45, 2.75) is 24.9 Å². The molecular weight excluding hydrogens is 276 g/mol. The molecule has 110 valence electrons. The second-order valence-electron chi connectivity index (χ2n) is 5.92. The normalized spacial score (nSPS) is 23.0. The van der Waals surface area contributed by atoms with Gasteiger partial charge in [0.1, 0.15) is 23.1 Å². The molecule has 0 amide bonds. The van der Waals surface area contributed by atoms with E-state index in [9.17, 15) is 0 Å². The van der Waals surface area contributed by atoms with Gasteiger partial charge in [-0.3, -0.25) is 0 Å². The van der Waals surface area contributed by atoms with Crippen molar-refractivity contribution in [1.82, 2.24) is 9.97 Å². The zero-order valence-corrected chi connectivity index (χ0v) is 12.2. The van der Waals surface area contributed by atoms with Crippen molar-refractivity contribution < 1.29 is 4.74 Å². The third kappa shape index (κ3) is 2.17. The maximum atomic E-state index is 8.97. The Hall–Kier alpha value is -2.61. The molecule has 2 aliphatic heterocycles. The minimum atomic E-state index is -0.152. The van der Waals surface area contributed by atoms with Gasteiger partial charge in [0.25, 0.3) is 0 Å². The third-order valence-electron chi connectivity index (χ3n) is 4.51. The summed E-state index contributed by atoms with van der Waals surface area (Å²) in [6.07, 6.45) is 4.66. The van der Waals surface area contributed by atoms with Crippen LogP contribution in [0.3, 0.4) is 0 Å². The predicted molar refractivity (Wildman–Crippen MR) is 81.7 cm³/mol. The van der Waals surface area contributed by atoms with Crippen LogP contribution in [0.4, 0.5) is 5.95 Å². The zero-order chi connectivity index (χ0) is 15.0. The highest BCUT2D eigenvalue weighted by molar-refractivity contribution is 5.40. The van der Waals surface area contributed by atoms with Crippen molar-refractivity contribution in [3.63, 3.8) is 0 Å². The van der Waals surface area contributed by atoms with Crippen LogP contribution >= 0.6 is 0 Å². The molecule has 1 atom stereocenters. The molecule has 1 fully saturated rings. The van der Waals surface area contributed by atoms with Crippen LogP contribution in [0.5, 0.6) is 5.75 Å². The van der Waals surface area contributed by atoms with Gasteiger partial charge in [-0.15, -0.1) is 0 Å². The van der Waals surface area contributed by atoms with Crippen LogP contribution in [-0.4, -0.2) is 28.7 Å². The molecule has 22 heavy (non-hydrogen) atoms. The lowest BCUT2D eigenvalue weighted by Crippen LogP contribution is -2.42. The molecule has 0 N–H and O–H groups in total. The van der Waals surface area contributed by atoms with E-state index in [0.29, 0.717) is 11.6 Å². The minimum absolute atomic E-state index is 0.152. The number of aryl methyl sites for hydroxylation is 1. The largest absolute Gasteiger partial charge is 0.485 e. The molecule has 1 saturated heterocycles. The maximum absolute atomic E-state index is 8.97. The maximum Gasteiger partial charge on any atom is 0.226 e. The number of hydrogen-bond acceptors (Lipinski definition) is 5. The van der Waals surface area contributed by atoms with E-state index >= 15 is 0 Å². The first-order valence-corrected chi connectivity index (χ1v) is 7.53. The first kappa shape index (κ1) is 13.1. The van der Waals surface area contributed by atoms with Gasteiger partial charge in [0.2, 0.25) is 5.95 Å². The molecule has 4 rings (SSSR count). The van der Waals surface area contributed by atoms with E-state index < -0.39 is 0 Å². The van der Waals surface area contributed by atoms with Crippen molar-refractivity contribution in [2.24, 2.45) is 0 Å². The lowest BCUT2D eigenvalue weighted by atomic mass is 9.90. The molecule has 0 radical (unpaired) electrons. The van der Waals surface area contributed by atoms with Crippen molar-refractivity contribution in [3.8, 4) is 11.8 Å². The highest BCUT2D eigenvalue weighted by Crippen LogP contribution is 2.39. The van der Waals surface area contributed by atoms with E-state index in [1.54, 1.807) is 12.3 Å². The molecule has 1 aromatic heterocycles. The third-order valence-corrected chi connectivity index (χ3v) is 4.51. The van der Waals surface area contributed by atoms with Crippen LogP contribution in [0, 0.1) is 11.3 Å². The Labute approximate surface area is 129 Å². The smallest absolute Gasteiger partial charge is 0.226 e. The molecule has 1 spiro atoms. The standard InChI is InChI=1S/C17H16N4O/c18-11-14-6-9-19-16(20-14)21-10-8-17(12-21)7-5-13-3-1-2-4-15(13)22-17/h1-4,6,9H,5,7-8,10,12H2/t17-/m1/s1. The lowest BCUT2D eigenvalue weighted by Gasteiger charge is -2.35. The lowest BCUT2D eigenvalue weighted by molar-refractivity contribution is 0.0681. The summed E-state index contributed by atoms with van der Waals surface area (Å²) in [4.78, 5) is 10.7. The zero-order valence-electron chi connectivity index (χ0n) is 12.2. The Morgan fingerprint density at radius 2 is 2.14 bits per heavy atom. The summed E-state index contributed by atoms with van der Waals surface area (Å²) in [6, 6.07) is 12.0. The number of fused-ring (bicyclic) bond motifs is 1. The molecule has 5 nitrogen and oxygen atoms in total. The van der Waals surface area contributed by atoms with E-state index in [0.717, 1.165) is 38.1 Å². The monoisotopic (exact) mass is 292 g/mol. The van der Waals surface area contributed by atoms with Crippen molar-refractivity contribution in [3.05, 3.63) is 47.8 Å². The highest BCUT2D eigenvalue weighted by Gasteiger charge is 2.43. The molecule has 5 heteroatoms. The fourth-order valence-electron chi connectivity index (χ4n) is 3.32. The van der Waals surface area contributed by atoms with E-state index in [1.807, 2.05) is 12.1 Å². The summed E-state index contributed by atoms with van der Waals surface area (Å²) in [5.41, 5.74) is 1.54. The molecule has 0 saturated carbocycles. The van der Waals surface area contributed by atoms with E-state index in [2.05, 4.69) is 33.1 Å². The van der Waals surface area contributed by atoms with Gasteiger partial charge < -0.3 is 9.64 Å². The van der Waals surface area contributed by atoms with E-state index in [4.69, 9.17) is 10.00 Å². The number of rotatable bonds is 1. The van der Waals surface area contributed by atoms with Crippen molar-refractivity contribution in [2.75, 3.05) is 18.0 Å². The number of aromatic nitrogens is 2. The average molecular weight is 292 g/mol. The number of anilines is 1. The Bertz CT molecular complexity index is 754. The number of nitriles is 1. The van der Waals surface area contributed by atoms with Gasteiger partial charge in [-0.1, -0.05) is 18.2 Å². The summed E-state index contributed by atoms with van der Waals surface area (Å²) in [5, 5.41) is 8.97. The molecule has 3 heterocycles. The van der Waals surface area contributed by atoms with Gasteiger partial charge in [0.05, 0.1) is 6.54 Å². The van der Waals surface area contributed by atoms with Gasteiger partial charge >= 0.3 is 0 Å². The number of nitrogens with zero attached hydrogens (tertiary/aromatic N) is 4. The molecule has 2 aromatic rings. The van der Waals surface area contributed by atoms with Crippen LogP contribution in [0.15, 0.2) is 36.5 Å². The van der Waals surface area contributed by atoms with Gasteiger partial charge in [-0.25, -0.2) is 9.97 Å². The fraction of sp³-hybridized carbons (Fsp3) is 0.353. The van der Waals surface area contributed by atoms with Crippen LogP contribution in [0.2, 0.25) is 0 Å². The average Bonchev–Trinajstić information content (AvgIpc) is 2.98. The van der Waals surface area contributed by atoms with Crippen molar-refractivity contribution in [1.29, 1.82) is 5.26 Å². The summed E-state index contributed by atoms with van der Waals surface area (Å²) < 4.78 is 6.33. The van der Waals surface area contributed by atoms with E-state index in [1.165, 1.54) is 5.56 Å². The van der Waals surface area contributed by atoms with Gasteiger partial charge in [0, 0.05) is 19.2 Å². The van der Waals surface area contributed by atoms with Gasteiger partial charge in [0.15, 0.2) is 0 Å². The van der Waals surface area contributed by atoms with Gasteiger partial charge in [-0.05, 0) is 30.5 Å². The second kappa shape index (κ2) is 4.99. The van der Waals surface area contributed by atoms with Gasteiger partial charge in [-0.2, -0.15) is 5.26 Å². The molecule has 0 unspecified atom stereocenters. The Kier molecular flexibility index (Phi) is 2.97. The van der Waals surface area contributed by atoms with Crippen LogP contribution in [0.1, 0.15) is 24.1 Å². The first-order chi connectivity index (χ1) is 10.8. The molecule has 2 aliphatic rings. The highest BCUT2D eigenvalue weighted by atomic mass is 16.5. The van der Waals surface area contributed by atoms with Crippen LogP contribution in [0.25, 0.3) is 0 Å². The minimum Gasteiger partial charge on any atom is -0.485 e. The number of para-hydroxylation sites is 1. The van der Waals surface area contributed by atoms with Crippen LogP contribution < -0.4 is 9.64 Å². The second-order valence-corrected chi connectivity index (χ2v) is 5.92. The summed E-state index contributed by atoms with van der Waals surface area (Å²) in [7, 11) is 0. The fourth-order valence-corrected chi connectivity index (χ4v) is 3.32. The van der Waals surface area contributed by atoms with Crippen LogP contribution in [-0.2, 0) is 6.42 Å². The predicted octanol–water partition coefficient (Wildman–Crippen LogP) is 2.32. The van der Waals surface area contributed by atoms with E-state index in [-0.39, 0.29) is 5.60 Å². The summed E-state index contributed by atoms with van der Waals surface area (Å²) >= 11 is 0.